The molecule has 0 aliphatic heterocycles. The van der Waals surface area contributed by atoms with Crippen molar-refractivity contribution < 1.29 is 4.42 Å². The maximum atomic E-state index is 7.01. The highest BCUT2D eigenvalue weighted by molar-refractivity contribution is 7.26. The molecule has 0 amide bonds. The zero-order chi connectivity index (χ0) is 41.9. The van der Waals surface area contributed by atoms with E-state index in [2.05, 4.69) is 218 Å². The van der Waals surface area contributed by atoms with Crippen molar-refractivity contribution in [1.29, 1.82) is 0 Å². The van der Waals surface area contributed by atoms with Crippen molar-refractivity contribution in [3.63, 3.8) is 0 Å². The fourth-order valence-corrected chi connectivity index (χ4v) is 12.0. The van der Waals surface area contributed by atoms with Crippen molar-refractivity contribution in [3.8, 4) is 44.5 Å². The van der Waals surface area contributed by atoms with Crippen LogP contribution in [0.5, 0.6) is 0 Å². The Balaban J connectivity index is 0.997. The molecule has 14 rings (SSSR count). The maximum absolute atomic E-state index is 7.01. The molecule has 0 fully saturated rings. The first-order valence-electron chi connectivity index (χ1n) is 22.0. The molecule has 2 heterocycles. The topological polar surface area (TPSA) is 13.1 Å². The lowest BCUT2D eigenvalue weighted by atomic mass is 9.83. The standard InChI is InChI=1S/C62H36OS/c1-2-19-40-37(15-1)16-14-29-41(40)38-17-13-18-39(35-38)58-47-24-7-9-26-49(47)59(50-27-10-8-25-48(50)58)51-32-31-45(42-20-3-4-21-43(42)51)54-36-55-60(46-23-6-5-22-44(46)54)53-33-34-57-61(62(53)63-55)52-28-11-12-30-56(52)64-57/h1-36H. The summed E-state index contributed by atoms with van der Waals surface area (Å²) in [5.74, 6) is 0. The lowest BCUT2D eigenvalue weighted by Crippen LogP contribution is -1.93. The Kier molecular flexibility index (Phi) is 7.63. The average Bonchev–Trinajstić information content (AvgIpc) is 3.94. The van der Waals surface area contributed by atoms with Gasteiger partial charge in [-0.15, -0.1) is 11.3 Å². The van der Waals surface area contributed by atoms with E-state index in [-0.39, 0.29) is 0 Å². The normalized spacial score (nSPS) is 12.1. The molecule has 2 aromatic heterocycles. The Bertz CT molecular complexity index is 4200. The largest absolute Gasteiger partial charge is 0.455 e. The minimum absolute atomic E-state index is 0.914. The number of thiophene rings is 1. The molecule has 0 aliphatic rings. The number of furan rings is 1. The molecule has 0 unspecified atom stereocenters. The summed E-state index contributed by atoms with van der Waals surface area (Å²) in [5, 5.41) is 17.1. The fraction of sp³-hybridized carbons (Fsp3) is 0. The molecular formula is C62H36OS. The Labute approximate surface area is 372 Å². The first-order valence-corrected chi connectivity index (χ1v) is 22.8. The van der Waals surface area contributed by atoms with E-state index in [1.54, 1.807) is 0 Å². The van der Waals surface area contributed by atoms with E-state index in [1.807, 2.05) is 11.3 Å². The van der Waals surface area contributed by atoms with Crippen LogP contribution in [0, 0.1) is 0 Å². The van der Waals surface area contributed by atoms with Crippen LogP contribution in [0.15, 0.2) is 223 Å². The van der Waals surface area contributed by atoms with Crippen molar-refractivity contribution in [2.24, 2.45) is 0 Å². The summed E-state index contributed by atoms with van der Waals surface area (Å²) in [7, 11) is 0. The zero-order valence-corrected chi connectivity index (χ0v) is 35.4. The predicted octanol–water partition coefficient (Wildman–Crippen LogP) is 18.4. The van der Waals surface area contributed by atoms with Crippen LogP contribution in [-0.4, -0.2) is 0 Å². The predicted molar refractivity (Wildman–Crippen MR) is 276 cm³/mol. The van der Waals surface area contributed by atoms with Gasteiger partial charge in [-0.2, -0.15) is 0 Å². The fourth-order valence-electron chi connectivity index (χ4n) is 10.9. The van der Waals surface area contributed by atoms with E-state index < -0.39 is 0 Å². The number of hydrogen-bond donors (Lipinski definition) is 0. The van der Waals surface area contributed by atoms with Crippen LogP contribution >= 0.6 is 11.3 Å². The van der Waals surface area contributed by atoms with E-state index in [9.17, 15) is 0 Å². The summed E-state index contributed by atoms with van der Waals surface area (Å²) in [6, 6.07) is 80.5. The van der Waals surface area contributed by atoms with E-state index in [0.717, 1.165) is 16.6 Å². The molecule has 0 N–H and O–H groups in total. The number of benzene rings is 12. The third kappa shape index (κ3) is 5.12. The molecule has 0 saturated carbocycles. The first kappa shape index (κ1) is 35.5. The number of fused-ring (bicyclic) bond motifs is 13. The van der Waals surface area contributed by atoms with Gasteiger partial charge in [-0.3, -0.25) is 0 Å². The van der Waals surface area contributed by atoms with Gasteiger partial charge in [0.2, 0.25) is 0 Å². The highest BCUT2D eigenvalue weighted by atomic mass is 32.1. The molecule has 14 aromatic rings. The zero-order valence-electron chi connectivity index (χ0n) is 34.6. The summed E-state index contributed by atoms with van der Waals surface area (Å²) in [5.41, 5.74) is 11.7. The molecular weight excluding hydrogens is 793 g/mol. The van der Waals surface area contributed by atoms with E-state index in [0.29, 0.717) is 0 Å². The van der Waals surface area contributed by atoms with Crippen LogP contribution in [0.2, 0.25) is 0 Å². The van der Waals surface area contributed by atoms with Gasteiger partial charge < -0.3 is 4.42 Å². The van der Waals surface area contributed by atoms with E-state index in [1.165, 1.54) is 124 Å². The highest BCUT2D eigenvalue weighted by Gasteiger charge is 2.22. The summed E-state index contributed by atoms with van der Waals surface area (Å²) >= 11 is 1.83. The van der Waals surface area contributed by atoms with Crippen LogP contribution in [0.4, 0.5) is 0 Å². The number of rotatable bonds is 4. The maximum Gasteiger partial charge on any atom is 0.144 e. The molecule has 64 heavy (non-hydrogen) atoms. The van der Waals surface area contributed by atoms with Crippen molar-refractivity contribution >= 4 is 107 Å². The Morgan fingerprint density at radius 3 is 1.58 bits per heavy atom. The molecule has 0 radical (unpaired) electrons. The van der Waals surface area contributed by atoms with Gasteiger partial charge in [-0.25, -0.2) is 0 Å². The van der Waals surface area contributed by atoms with Crippen molar-refractivity contribution in [2.75, 3.05) is 0 Å². The summed E-state index contributed by atoms with van der Waals surface area (Å²) in [6.07, 6.45) is 0. The van der Waals surface area contributed by atoms with Gasteiger partial charge in [0.25, 0.3) is 0 Å². The van der Waals surface area contributed by atoms with Gasteiger partial charge in [0.15, 0.2) is 0 Å². The van der Waals surface area contributed by atoms with Crippen LogP contribution in [-0.2, 0) is 0 Å². The monoisotopic (exact) mass is 828 g/mol. The van der Waals surface area contributed by atoms with Crippen LogP contribution < -0.4 is 0 Å². The molecule has 0 bridgehead atoms. The van der Waals surface area contributed by atoms with Crippen molar-refractivity contribution in [1.82, 2.24) is 0 Å². The Morgan fingerprint density at radius 1 is 0.281 bits per heavy atom. The molecule has 0 spiro atoms. The molecule has 0 atom stereocenters. The average molecular weight is 829 g/mol. The Hall–Kier alpha value is -8.04. The minimum Gasteiger partial charge on any atom is -0.455 e. The van der Waals surface area contributed by atoms with Gasteiger partial charge >= 0.3 is 0 Å². The highest BCUT2D eigenvalue weighted by Crippen LogP contribution is 2.49. The van der Waals surface area contributed by atoms with Crippen molar-refractivity contribution in [2.45, 2.75) is 0 Å². The molecule has 1 nitrogen and oxygen atoms in total. The van der Waals surface area contributed by atoms with Gasteiger partial charge in [-0.1, -0.05) is 188 Å². The van der Waals surface area contributed by atoms with Crippen LogP contribution in [0.1, 0.15) is 0 Å². The summed E-state index contributed by atoms with van der Waals surface area (Å²) < 4.78 is 9.54. The molecule has 2 heteroatoms. The molecule has 12 aromatic carbocycles. The first-order chi connectivity index (χ1) is 31.8. The molecule has 0 aliphatic carbocycles. The second-order valence-corrected chi connectivity index (χ2v) is 18.1. The SMILES string of the molecule is c1cc(-c2cccc3ccccc23)cc(-c2c3ccccc3c(-c3ccc(-c4cc5oc6c(ccc7sc8ccccc8c76)c5c5ccccc45)c4ccccc34)c3ccccc23)c1. The van der Waals surface area contributed by atoms with Gasteiger partial charge in [0, 0.05) is 30.9 Å². The van der Waals surface area contributed by atoms with Crippen LogP contribution in [0.25, 0.3) is 140 Å². The third-order valence-electron chi connectivity index (χ3n) is 13.7. The number of hydrogen-bond acceptors (Lipinski definition) is 2. The summed E-state index contributed by atoms with van der Waals surface area (Å²) in [6.45, 7) is 0. The second-order valence-electron chi connectivity index (χ2n) is 17.0. The molecule has 0 saturated heterocycles. The lowest BCUT2D eigenvalue weighted by molar-refractivity contribution is 0.673. The van der Waals surface area contributed by atoms with Crippen LogP contribution in [0.3, 0.4) is 0 Å². The minimum atomic E-state index is 0.914. The van der Waals surface area contributed by atoms with E-state index >= 15 is 0 Å². The second kappa shape index (κ2) is 13.7. The lowest BCUT2D eigenvalue weighted by Gasteiger charge is -2.20. The Morgan fingerprint density at radius 2 is 0.828 bits per heavy atom. The van der Waals surface area contributed by atoms with Gasteiger partial charge in [-0.05, 0) is 129 Å². The van der Waals surface area contributed by atoms with Gasteiger partial charge in [0.05, 0.1) is 0 Å². The van der Waals surface area contributed by atoms with Gasteiger partial charge in [0.1, 0.15) is 11.2 Å². The molecule has 296 valence electrons. The smallest absolute Gasteiger partial charge is 0.144 e. The van der Waals surface area contributed by atoms with Crippen molar-refractivity contribution in [3.05, 3.63) is 218 Å². The quantitative estimate of drug-likeness (QED) is 0.161. The van der Waals surface area contributed by atoms with E-state index in [4.69, 9.17) is 4.42 Å². The third-order valence-corrected chi connectivity index (χ3v) is 14.8. The summed E-state index contributed by atoms with van der Waals surface area (Å²) in [4.78, 5) is 0.